The fourth-order valence-corrected chi connectivity index (χ4v) is 2.68. The van der Waals surface area contributed by atoms with Crippen LogP contribution in [0.4, 0.5) is 0 Å². The van der Waals surface area contributed by atoms with Crippen molar-refractivity contribution in [2.24, 2.45) is 17.6 Å². The standard InChI is InChI=1S/C17H24N2O3/c1-10(11(2)18)17(20)19-16(12-3-4-12)13-5-6-14-15(9-13)22-8-7-21-14/h5-6,9-12,16H,3-4,7-8,18H2,1-2H3,(H,19,20). The van der Waals surface area contributed by atoms with E-state index in [1.54, 1.807) is 0 Å². The van der Waals surface area contributed by atoms with Crippen LogP contribution in [0.25, 0.3) is 0 Å². The van der Waals surface area contributed by atoms with E-state index < -0.39 is 0 Å². The van der Waals surface area contributed by atoms with Gasteiger partial charge in [-0.2, -0.15) is 0 Å². The number of carbonyl (C=O) groups is 1. The molecule has 0 aromatic heterocycles. The van der Waals surface area contributed by atoms with E-state index in [1.165, 1.54) is 0 Å². The first kappa shape index (κ1) is 15.2. The molecule has 120 valence electrons. The van der Waals surface area contributed by atoms with Gasteiger partial charge in [-0.1, -0.05) is 13.0 Å². The van der Waals surface area contributed by atoms with Crippen molar-refractivity contribution in [2.75, 3.05) is 13.2 Å². The molecule has 3 N–H and O–H groups in total. The minimum atomic E-state index is -0.196. The van der Waals surface area contributed by atoms with E-state index in [9.17, 15) is 4.79 Å². The molecule has 1 fully saturated rings. The van der Waals surface area contributed by atoms with Crippen molar-refractivity contribution in [3.05, 3.63) is 23.8 Å². The van der Waals surface area contributed by atoms with Gasteiger partial charge in [-0.15, -0.1) is 0 Å². The minimum absolute atomic E-state index is 0.0155. The molecule has 0 radical (unpaired) electrons. The van der Waals surface area contributed by atoms with Gasteiger partial charge in [0.1, 0.15) is 13.2 Å². The van der Waals surface area contributed by atoms with Crippen LogP contribution in [0, 0.1) is 11.8 Å². The molecule has 0 spiro atoms. The third-order valence-electron chi connectivity index (χ3n) is 4.52. The highest BCUT2D eigenvalue weighted by atomic mass is 16.6. The largest absolute Gasteiger partial charge is 0.486 e. The molecular formula is C17H24N2O3. The highest BCUT2D eigenvalue weighted by molar-refractivity contribution is 5.79. The molecule has 3 rings (SSSR count). The van der Waals surface area contributed by atoms with Crippen LogP contribution in [0.2, 0.25) is 0 Å². The summed E-state index contributed by atoms with van der Waals surface area (Å²) in [4.78, 5) is 12.3. The average molecular weight is 304 g/mol. The van der Waals surface area contributed by atoms with E-state index in [-0.39, 0.29) is 23.9 Å². The lowest BCUT2D eigenvalue weighted by Gasteiger charge is -2.25. The molecule has 1 amide bonds. The molecule has 1 heterocycles. The summed E-state index contributed by atoms with van der Waals surface area (Å²) >= 11 is 0. The highest BCUT2D eigenvalue weighted by Gasteiger charge is 2.35. The molecule has 3 unspecified atom stereocenters. The van der Waals surface area contributed by atoms with Gasteiger partial charge in [0.15, 0.2) is 11.5 Å². The molecule has 0 bridgehead atoms. The smallest absolute Gasteiger partial charge is 0.224 e. The molecule has 1 aromatic rings. The van der Waals surface area contributed by atoms with E-state index >= 15 is 0 Å². The van der Waals surface area contributed by atoms with E-state index in [0.717, 1.165) is 29.9 Å². The number of rotatable bonds is 5. The second-order valence-corrected chi connectivity index (χ2v) is 6.37. The number of ether oxygens (including phenoxy) is 2. The lowest BCUT2D eigenvalue weighted by atomic mass is 9.98. The molecule has 5 heteroatoms. The zero-order valence-electron chi connectivity index (χ0n) is 13.2. The first-order chi connectivity index (χ1) is 10.6. The summed E-state index contributed by atoms with van der Waals surface area (Å²) in [7, 11) is 0. The summed E-state index contributed by atoms with van der Waals surface area (Å²) in [6.45, 7) is 4.88. The SMILES string of the molecule is CC(N)C(C)C(=O)NC(c1ccc2c(c1)OCCO2)C1CC1. The highest BCUT2D eigenvalue weighted by Crippen LogP contribution is 2.43. The first-order valence-corrected chi connectivity index (χ1v) is 8.01. The van der Waals surface area contributed by atoms with E-state index in [1.807, 2.05) is 32.0 Å². The van der Waals surface area contributed by atoms with Gasteiger partial charge < -0.3 is 20.5 Å². The summed E-state index contributed by atoms with van der Waals surface area (Å²) in [6.07, 6.45) is 2.29. The molecule has 22 heavy (non-hydrogen) atoms. The van der Waals surface area contributed by atoms with Gasteiger partial charge in [0, 0.05) is 12.0 Å². The predicted molar refractivity (Wildman–Crippen MR) is 83.9 cm³/mol. The van der Waals surface area contributed by atoms with Crippen LogP contribution in [0.5, 0.6) is 11.5 Å². The van der Waals surface area contributed by atoms with Crippen LogP contribution in [-0.4, -0.2) is 25.2 Å². The molecule has 5 nitrogen and oxygen atoms in total. The van der Waals surface area contributed by atoms with E-state index in [2.05, 4.69) is 5.32 Å². The number of hydrogen-bond donors (Lipinski definition) is 2. The van der Waals surface area contributed by atoms with Crippen LogP contribution in [0.1, 0.15) is 38.3 Å². The molecule has 2 aliphatic rings. The Morgan fingerprint density at radius 3 is 2.55 bits per heavy atom. The van der Waals surface area contributed by atoms with Gasteiger partial charge in [0.25, 0.3) is 0 Å². The number of carbonyl (C=O) groups excluding carboxylic acids is 1. The third-order valence-corrected chi connectivity index (χ3v) is 4.52. The topological polar surface area (TPSA) is 73.6 Å². The van der Waals surface area contributed by atoms with Crippen molar-refractivity contribution in [1.29, 1.82) is 0 Å². The number of benzene rings is 1. The van der Waals surface area contributed by atoms with Crippen LogP contribution >= 0.6 is 0 Å². The summed E-state index contributed by atoms with van der Waals surface area (Å²) < 4.78 is 11.2. The van der Waals surface area contributed by atoms with Gasteiger partial charge in [-0.05, 0) is 43.4 Å². The Kier molecular flexibility index (Phi) is 4.25. The number of fused-ring (bicyclic) bond motifs is 1. The molecule has 1 aromatic carbocycles. The Bertz CT molecular complexity index is 555. The Labute approximate surface area is 131 Å². The molecule has 1 aliphatic heterocycles. The number of hydrogen-bond acceptors (Lipinski definition) is 4. The van der Waals surface area contributed by atoms with Gasteiger partial charge in [-0.25, -0.2) is 0 Å². The van der Waals surface area contributed by atoms with Gasteiger partial charge in [0.05, 0.1) is 6.04 Å². The fourth-order valence-electron chi connectivity index (χ4n) is 2.68. The molecule has 3 atom stereocenters. The summed E-state index contributed by atoms with van der Waals surface area (Å²) in [5.41, 5.74) is 6.92. The van der Waals surface area contributed by atoms with Gasteiger partial charge >= 0.3 is 0 Å². The van der Waals surface area contributed by atoms with Crippen molar-refractivity contribution in [1.82, 2.24) is 5.32 Å². The van der Waals surface area contributed by atoms with E-state index in [0.29, 0.717) is 19.1 Å². The van der Waals surface area contributed by atoms with Gasteiger partial charge in [0.2, 0.25) is 5.91 Å². The summed E-state index contributed by atoms with van der Waals surface area (Å²) in [5, 5.41) is 3.17. The maximum absolute atomic E-state index is 12.3. The molecule has 1 saturated carbocycles. The normalized spacial score (nSPS) is 20.9. The second-order valence-electron chi connectivity index (χ2n) is 6.37. The zero-order chi connectivity index (χ0) is 15.7. The molecular weight excluding hydrogens is 280 g/mol. The van der Waals surface area contributed by atoms with Crippen molar-refractivity contribution in [3.8, 4) is 11.5 Å². The van der Waals surface area contributed by atoms with Gasteiger partial charge in [-0.3, -0.25) is 4.79 Å². The van der Waals surface area contributed by atoms with Crippen molar-refractivity contribution in [3.63, 3.8) is 0 Å². The lowest BCUT2D eigenvalue weighted by Crippen LogP contribution is -2.40. The maximum Gasteiger partial charge on any atom is 0.224 e. The van der Waals surface area contributed by atoms with Crippen LogP contribution in [-0.2, 0) is 4.79 Å². The molecule has 1 aliphatic carbocycles. The van der Waals surface area contributed by atoms with Crippen LogP contribution < -0.4 is 20.5 Å². The van der Waals surface area contributed by atoms with E-state index in [4.69, 9.17) is 15.2 Å². The monoisotopic (exact) mass is 304 g/mol. The Morgan fingerprint density at radius 1 is 1.23 bits per heavy atom. The third kappa shape index (κ3) is 3.19. The van der Waals surface area contributed by atoms with Crippen molar-refractivity contribution in [2.45, 2.75) is 38.8 Å². The quantitative estimate of drug-likeness (QED) is 0.872. The molecule has 0 saturated heterocycles. The Hall–Kier alpha value is -1.75. The maximum atomic E-state index is 12.3. The van der Waals surface area contributed by atoms with Crippen molar-refractivity contribution >= 4 is 5.91 Å². The van der Waals surface area contributed by atoms with Crippen LogP contribution in [0.3, 0.4) is 0 Å². The van der Waals surface area contributed by atoms with Crippen LogP contribution in [0.15, 0.2) is 18.2 Å². The minimum Gasteiger partial charge on any atom is -0.486 e. The number of nitrogens with one attached hydrogen (secondary N) is 1. The summed E-state index contributed by atoms with van der Waals surface area (Å²) in [5.74, 6) is 1.87. The zero-order valence-corrected chi connectivity index (χ0v) is 13.2. The second kappa shape index (κ2) is 6.16. The average Bonchev–Trinajstić information content (AvgIpc) is 3.35. The summed E-state index contributed by atoms with van der Waals surface area (Å²) in [6, 6.07) is 5.83. The predicted octanol–water partition coefficient (Wildman–Crippen LogP) is 2.01. The first-order valence-electron chi connectivity index (χ1n) is 8.01. The Morgan fingerprint density at radius 2 is 1.91 bits per heavy atom. The van der Waals surface area contributed by atoms with Crippen molar-refractivity contribution < 1.29 is 14.3 Å². The lowest BCUT2D eigenvalue weighted by molar-refractivity contribution is -0.125. The number of amides is 1. The Balaban J connectivity index is 1.78. The number of nitrogens with two attached hydrogens (primary N) is 1. The fraction of sp³-hybridized carbons (Fsp3) is 0.588.